The van der Waals surface area contributed by atoms with Gasteiger partial charge in [-0.3, -0.25) is 14.4 Å². The van der Waals surface area contributed by atoms with Gasteiger partial charge in [-0.2, -0.15) is 0 Å². The second-order valence-corrected chi connectivity index (χ2v) is 5.74. The van der Waals surface area contributed by atoms with E-state index in [2.05, 4.69) is 5.32 Å². The lowest BCUT2D eigenvalue weighted by Crippen LogP contribution is -2.42. The van der Waals surface area contributed by atoms with Gasteiger partial charge in [-0.05, 0) is 25.3 Å². The van der Waals surface area contributed by atoms with Crippen molar-refractivity contribution in [2.24, 2.45) is 5.92 Å². The summed E-state index contributed by atoms with van der Waals surface area (Å²) in [5.74, 6) is -0.272. The van der Waals surface area contributed by atoms with Gasteiger partial charge >= 0.3 is 0 Å². The zero-order chi connectivity index (χ0) is 16.1. The SMILES string of the molecule is CCCn1cc(NC(=O)[C@H]2CCCN(C(C)=O)C2)ccc1=O. The molecule has 0 aliphatic carbocycles. The van der Waals surface area contributed by atoms with Crippen molar-refractivity contribution in [2.75, 3.05) is 18.4 Å². The molecule has 1 aliphatic heterocycles. The van der Waals surface area contributed by atoms with Crippen LogP contribution in [0.15, 0.2) is 23.1 Å². The highest BCUT2D eigenvalue weighted by atomic mass is 16.2. The molecule has 22 heavy (non-hydrogen) atoms. The van der Waals surface area contributed by atoms with Gasteiger partial charge in [0.05, 0.1) is 11.6 Å². The number of pyridine rings is 1. The first-order valence-corrected chi connectivity index (χ1v) is 7.78. The van der Waals surface area contributed by atoms with Crippen LogP contribution in [-0.2, 0) is 16.1 Å². The van der Waals surface area contributed by atoms with Gasteiger partial charge in [-0.25, -0.2) is 0 Å². The van der Waals surface area contributed by atoms with Crippen LogP contribution in [0.3, 0.4) is 0 Å². The van der Waals surface area contributed by atoms with E-state index in [0.717, 1.165) is 25.8 Å². The third-order valence-corrected chi connectivity index (χ3v) is 3.95. The van der Waals surface area contributed by atoms with Crippen LogP contribution in [0.2, 0.25) is 0 Å². The van der Waals surface area contributed by atoms with E-state index in [0.29, 0.717) is 18.8 Å². The predicted octanol–water partition coefficient (Wildman–Crippen LogP) is 1.46. The van der Waals surface area contributed by atoms with Crippen LogP contribution >= 0.6 is 0 Å². The Bertz CT molecular complexity index is 609. The van der Waals surface area contributed by atoms with Gasteiger partial charge in [-0.15, -0.1) is 0 Å². The number of hydrogen-bond donors (Lipinski definition) is 1. The molecule has 1 saturated heterocycles. The van der Waals surface area contributed by atoms with Crippen molar-refractivity contribution in [3.05, 3.63) is 28.7 Å². The Morgan fingerprint density at radius 3 is 2.82 bits per heavy atom. The fourth-order valence-electron chi connectivity index (χ4n) is 2.74. The number of anilines is 1. The number of carbonyl (C=O) groups excluding carboxylic acids is 2. The van der Waals surface area contributed by atoms with E-state index in [1.54, 1.807) is 21.7 Å². The van der Waals surface area contributed by atoms with E-state index in [4.69, 9.17) is 0 Å². The Balaban J connectivity index is 2.04. The molecule has 0 aromatic carbocycles. The largest absolute Gasteiger partial charge is 0.342 e. The minimum absolute atomic E-state index is 0.00833. The Morgan fingerprint density at radius 1 is 1.36 bits per heavy atom. The van der Waals surface area contributed by atoms with E-state index >= 15 is 0 Å². The molecule has 1 fully saturated rings. The summed E-state index contributed by atoms with van der Waals surface area (Å²) in [6.45, 7) is 5.34. The van der Waals surface area contributed by atoms with Crippen molar-refractivity contribution in [2.45, 2.75) is 39.7 Å². The first kappa shape index (κ1) is 16.3. The standard InChI is InChI=1S/C16H23N3O3/c1-3-8-19-11-14(6-7-15(19)21)17-16(22)13-5-4-9-18(10-13)12(2)20/h6-7,11,13H,3-5,8-10H2,1-2H3,(H,17,22)/t13-/m0/s1. The van der Waals surface area contributed by atoms with Crippen molar-refractivity contribution < 1.29 is 9.59 Å². The maximum atomic E-state index is 12.4. The fourth-order valence-corrected chi connectivity index (χ4v) is 2.74. The van der Waals surface area contributed by atoms with E-state index in [9.17, 15) is 14.4 Å². The Kier molecular flexibility index (Phi) is 5.35. The number of aromatic nitrogens is 1. The molecule has 0 unspecified atom stereocenters. The summed E-state index contributed by atoms with van der Waals surface area (Å²) >= 11 is 0. The van der Waals surface area contributed by atoms with Crippen LogP contribution in [0.1, 0.15) is 33.1 Å². The molecule has 0 spiro atoms. The molecule has 1 atom stereocenters. The topological polar surface area (TPSA) is 71.4 Å². The summed E-state index contributed by atoms with van der Waals surface area (Å²) in [7, 11) is 0. The molecule has 1 aliphatic rings. The van der Waals surface area contributed by atoms with Crippen LogP contribution in [0, 0.1) is 5.92 Å². The van der Waals surface area contributed by atoms with Gasteiger partial charge in [0.25, 0.3) is 5.56 Å². The number of amides is 2. The number of nitrogens with zero attached hydrogens (tertiary/aromatic N) is 2. The number of piperidine rings is 1. The lowest BCUT2D eigenvalue weighted by atomic mass is 9.97. The van der Waals surface area contributed by atoms with Crippen LogP contribution in [0.5, 0.6) is 0 Å². The third kappa shape index (κ3) is 3.96. The molecule has 0 saturated carbocycles. The van der Waals surface area contributed by atoms with Gasteiger partial charge in [0.1, 0.15) is 0 Å². The molecule has 120 valence electrons. The fraction of sp³-hybridized carbons (Fsp3) is 0.562. The number of aryl methyl sites for hydroxylation is 1. The molecule has 0 bridgehead atoms. The second kappa shape index (κ2) is 7.24. The average molecular weight is 305 g/mol. The van der Waals surface area contributed by atoms with E-state index in [-0.39, 0.29) is 23.3 Å². The van der Waals surface area contributed by atoms with Crippen LogP contribution in [-0.4, -0.2) is 34.4 Å². The molecule has 1 aromatic rings. The molecule has 1 N–H and O–H groups in total. The van der Waals surface area contributed by atoms with Gasteiger partial charge in [-0.1, -0.05) is 6.92 Å². The summed E-state index contributed by atoms with van der Waals surface area (Å²) in [4.78, 5) is 37.2. The van der Waals surface area contributed by atoms with Crippen molar-refractivity contribution in [1.29, 1.82) is 0 Å². The van der Waals surface area contributed by atoms with Crippen LogP contribution in [0.4, 0.5) is 5.69 Å². The Morgan fingerprint density at radius 2 is 2.14 bits per heavy atom. The van der Waals surface area contributed by atoms with Crippen LogP contribution < -0.4 is 10.9 Å². The highest BCUT2D eigenvalue weighted by molar-refractivity contribution is 5.93. The monoisotopic (exact) mass is 305 g/mol. The first-order chi connectivity index (χ1) is 10.5. The number of rotatable bonds is 4. The minimum atomic E-state index is -0.191. The highest BCUT2D eigenvalue weighted by Crippen LogP contribution is 2.18. The Labute approximate surface area is 130 Å². The Hall–Kier alpha value is -2.11. The highest BCUT2D eigenvalue weighted by Gasteiger charge is 2.27. The lowest BCUT2D eigenvalue weighted by molar-refractivity contribution is -0.132. The average Bonchev–Trinajstić information content (AvgIpc) is 2.51. The number of carbonyl (C=O) groups is 2. The van der Waals surface area contributed by atoms with Crippen LogP contribution in [0.25, 0.3) is 0 Å². The summed E-state index contributed by atoms with van der Waals surface area (Å²) in [6.07, 6.45) is 4.15. The van der Waals surface area contributed by atoms with Gasteiger partial charge < -0.3 is 14.8 Å². The zero-order valence-corrected chi connectivity index (χ0v) is 13.2. The molecule has 6 heteroatoms. The molecule has 1 aromatic heterocycles. The molecule has 2 heterocycles. The molecular formula is C16H23N3O3. The second-order valence-electron chi connectivity index (χ2n) is 5.74. The molecule has 2 amide bonds. The summed E-state index contributed by atoms with van der Waals surface area (Å²) < 4.78 is 1.60. The number of hydrogen-bond acceptors (Lipinski definition) is 3. The van der Waals surface area contributed by atoms with Gasteiger partial charge in [0.15, 0.2) is 0 Å². The van der Waals surface area contributed by atoms with Crippen molar-refractivity contribution in [3.63, 3.8) is 0 Å². The maximum Gasteiger partial charge on any atom is 0.250 e. The molecule has 2 rings (SSSR count). The van der Waals surface area contributed by atoms with Gasteiger partial charge in [0.2, 0.25) is 11.8 Å². The predicted molar refractivity (Wildman–Crippen MR) is 84.6 cm³/mol. The molecule has 0 radical (unpaired) electrons. The molecule has 6 nitrogen and oxygen atoms in total. The first-order valence-electron chi connectivity index (χ1n) is 7.78. The van der Waals surface area contributed by atoms with E-state index in [1.807, 2.05) is 6.92 Å². The summed E-state index contributed by atoms with van der Waals surface area (Å²) in [5, 5.41) is 2.86. The van der Waals surface area contributed by atoms with Gasteiger partial charge in [0, 0.05) is 38.8 Å². The summed E-state index contributed by atoms with van der Waals surface area (Å²) in [5.41, 5.74) is 0.554. The smallest absolute Gasteiger partial charge is 0.250 e. The van der Waals surface area contributed by atoms with Crippen molar-refractivity contribution in [1.82, 2.24) is 9.47 Å². The minimum Gasteiger partial charge on any atom is -0.342 e. The number of nitrogens with one attached hydrogen (secondary N) is 1. The van der Waals surface area contributed by atoms with Crippen molar-refractivity contribution in [3.8, 4) is 0 Å². The third-order valence-electron chi connectivity index (χ3n) is 3.95. The lowest BCUT2D eigenvalue weighted by Gasteiger charge is -2.31. The van der Waals surface area contributed by atoms with Crippen molar-refractivity contribution >= 4 is 17.5 Å². The quantitative estimate of drug-likeness (QED) is 0.915. The van der Waals surface area contributed by atoms with E-state index in [1.165, 1.54) is 13.0 Å². The number of likely N-dealkylation sites (tertiary alicyclic amines) is 1. The zero-order valence-electron chi connectivity index (χ0n) is 13.2. The van der Waals surface area contributed by atoms with E-state index < -0.39 is 0 Å². The molecular weight excluding hydrogens is 282 g/mol. The normalized spacial score (nSPS) is 18.1. The maximum absolute atomic E-state index is 12.4. The summed E-state index contributed by atoms with van der Waals surface area (Å²) in [6, 6.07) is 3.09.